The Hall–Kier alpha value is -7.18. The summed E-state index contributed by atoms with van der Waals surface area (Å²) in [6.45, 7) is 13.4. The van der Waals surface area contributed by atoms with Gasteiger partial charge in [-0.25, -0.2) is 29.3 Å². The minimum Gasteiger partial charge on any atom is -0.480 e. The Kier molecular flexibility index (Phi) is 14.2. The smallest absolute Gasteiger partial charge is 0.232 e. The summed E-state index contributed by atoms with van der Waals surface area (Å²) >= 11 is 3.27. The molecule has 0 saturated heterocycles. The van der Waals surface area contributed by atoms with Crippen molar-refractivity contribution in [3.8, 4) is 22.5 Å². The van der Waals surface area contributed by atoms with Gasteiger partial charge in [0.1, 0.15) is 52.9 Å². The van der Waals surface area contributed by atoms with Crippen LogP contribution < -0.4 is 21.5 Å². The maximum Gasteiger partial charge on any atom is 0.232 e. The van der Waals surface area contributed by atoms with Crippen LogP contribution in [0.4, 0.5) is 11.6 Å². The number of nitrogen functional groups attached to an aromatic ring is 2. The number of halogens is 1. The number of aryl methyl sites for hydroxylation is 2. The Balaban J connectivity index is 0.000000176. The molecule has 8 aromatic rings. The van der Waals surface area contributed by atoms with E-state index in [1.807, 2.05) is 90.8 Å². The molecule has 18 heteroatoms. The van der Waals surface area contributed by atoms with Crippen LogP contribution in [-0.4, -0.2) is 81.4 Å². The van der Waals surface area contributed by atoms with E-state index >= 15 is 0 Å². The minimum absolute atomic E-state index is 0.0978. The maximum atomic E-state index is 7.19. The predicted molar refractivity (Wildman–Crippen MR) is 253 cm³/mol. The standard InChI is InChI=1S/C22H24N8.C16H19BrN6.C7H8N2O/c1-14-7-9-15(10-8-14)18-17-20(24)27-13-28-21(17)30(29-18)22(2,3)12-26-19(23)16-6-4-5-11-25-16;1-10-4-6-11(7-5-10)13-12-14(18)19-9-20-15(12)23(22-13)16(2,3)8-21-17;1-10-7(8)6-4-2-3-5-9-6/h4-11,13H,12H2,1-3H3,(H2,23,26)(H2,24,27,28);4-7,9,21H,8H2,1-3H3,(H2,18,19,20);2-5,8H,1H3. The second-order valence-corrected chi connectivity index (χ2v) is 16.3. The highest BCUT2D eigenvalue weighted by atomic mass is 79.9. The Morgan fingerprint density at radius 2 is 1.14 bits per heavy atom. The summed E-state index contributed by atoms with van der Waals surface area (Å²) in [7, 11) is 1.46. The number of anilines is 2. The first-order valence-electron chi connectivity index (χ1n) is 19.9. The van der Waals surface area contributed by atoms with Gasteiger partial charge in [-0.3, -0.25) is 24.7 Å². The number of aliphatic imine (C=N–C) groups is 1. The van der Waals surface area contributed by atoms with Crippen molar-refractivity contribution in [1.82, 2.24) is 53.8 Å². The summed E-state index contributed by atoms with van der Waals surface area (Å²) < 4.78 is 11.4. The normalized spacial score (nSPS) is 11.7. The van der Waals surface area contributed by atoms with Crippen LogP contribution >= 0.6 is 16.1 Å². The van der Waals surface area contributed by atoms with Gasteiger partial charge >= 0.3 is 0 Å². The number of aromatic nitrogens is 10. The van der Waals surface area contributed by atoms with Gasteiger partial charge in [0, 0.05) is 46.2 Å². The fourth-order valence-corrected chi connectivity index (χ4v) is 7.09. The number of rotatable bonds is 10. The van der Waals surface area contributed by atoms with Crippen LogP contribution in [0.1, 0.15) is 50.2 Å². The Morgan fingerprint density at radius 3 is 1.57 bits per heavy atom. The molecular weight excluding hydrogens is 861 g/mol. The van der Waals surface area contributed by atoms with Crippen LogP contribution in [-0.2, 0) is 15.8 Å². The van der Waals surface area contributed by atoms with Gasteiger partial charge in [-0.2, -0.15) is 10.2 Å². The Bertz CT molecular complexity index is 2820. The molecule has 63 heavy (non-hydrogen) atoms. The van der Waals surface area contributed by atoms with Gasteiger partial charge in [0.25, 0.3) is 0 Å². The average Bonchev–Trinajstić information content (AvgIpc) is 3.90. The van der Waals surface area contributed by atoms with Crippen LogP contribution in [0.15, 0.2) is 115 Å². The van der Waals surface area contributed by atoms with Crippen molar-refractivity contribution < 1.29 is 4.74 Å². The van der Waals surface area contributed by atoms with Gasteiger partial charge in [0.15, 0.2) is 11.3 Å². The lowest BCUT2D eigenvalue weighted by Gasteiger charge is -2.24. The zero-order chi connectivity index (χ0) is 45.3. The van der Waals surface area contributed by atoms with Gasteiger partial charge in [0.2, 0.25) is 5.90 Å². The third kappa shape index (κ3) is 10.5. The number of amidine groups is 1. The first kappa shape index (κ1) is 45.3. The third-order valence-electron chi connectivity index (χ3n) is 9.95. The highest BCUT2D eigenvalue weighted by molar-refractivity contribution is 9.08. The first-order valence-corrected chi connectivity index (χ1v) is 20.7. The molecule has 324 valence electrons. The van der Waals surface area contributed by atoms with Crippen molar-refractivity contribution >= 4 is 61.6 Å². The zero-order valence-corrected chi connectivity index (χ0v) is 37.8. The third-order valence-corrected chi connectivity index (χ3v) is 10.2. The SMILES string of the molecule is COC(=N)c1ccccn1.Cc1ccc(-c2nn(C(C)(C)CN=C(N)c3ccccn3)c3ncnc(N)c23)cc1.Cc1ccc(-c2nn(C(C)(C)CNBr)c3ncnc(N)c23)cc1. The molecule has 17 nitrogen and oxygen atoms in total. The predicted octanol–water partition coefficient (Wildman–Crippen LogP) is 6.99. The maximum absolute atomic E-state index is 7.19. The van der Waals surface area contributed by atoms with Crippen LogP contribution in [0.2, 0.25) is 0 Å². The molecule has 0 aliphatic rings. The van der Waals surface area contributed by atoms with E-state index in [0.717, 1.165) is 38.9 Å². The summed E-state index contributed by atoms with van der Waals surface area (Å²) in [5, 5.41) is 18.4. The molecule has 0 amide bonds. The fourth-order valence-electron chi connectivity index (χ4n) is 6.40. The van der Waals surface area contributed by atoms with E-state index in [1.165, 1.54) is 30.9 Å². The molecule has 0 bridgehead atoms. The summed E-state index contributed by atoms with van der Waals surface area (Å²) in [6.07, 6.45) is 6.25. The van der Waals surface area contributed by atoms with Crippen LogP contribution in [0.3, 0.4) is 0 Å². The van der Waals surface area contributed by atoms with E-state index < -0.39 is 5.54 Å². The minimum atomic E-state index is -0.513. The fraction of sp³-hybridized carbons (Fsp3) is 0.244. The summed E-state index contributed by atoms with van der Waals surface area (Å²) in [4.78, 5) is 29.9. The quantitative estimate of drug-likeness (QED) is 0.0528. The number of benzene rings is 2. The van der Waals surface area contributed by atoms with Gasteiger partial charge in [-0.1, -0.05) is 71.8 Å². The number of hydrogen-bond donors (Lipinski definition) is 5. The van der Waals surface area contributed by atoms with Crippen LogP contribution in [0.5, 0.6) is 0 Å². The summed E-state index contributed by atoms with van der Waals surface area (Å²) in [6, 6.07) is 27.2. The van der Waals surface area contributed by atoms with E-state index in [0.29, 0.717) is 47.6 Å². The lowest BCUT2D eigenvalue weighted by Crippen LogP contribution is -2.36. The van der Waals surface area contributed by atoms with Crippen molar-refractivity contribution in [1.29, 1.82) is 5.41 Å². The summed E-state index contributed by atoms with van der Waals surface area (Å²) in [5.74, 6) is 1.32. The molecule has 0 unspecified atom stereocenters. The number of hydrogen-bond acceptors (Lipinski definition) is 14. The van der Waals surface area contributed by atoms with Gasteiger partial charge < -0.3 is 21.9 Å². The first-order chi connectivity index (χ1) is 30.1. The number of nitrogens with zero attached hydrogens (tertiary/aromatic N) is 11. The van der Waals surface area contributed by atoms with Gasteiger partial charge in [-0.15, -0.1) is 0 Å². The highest BCUT2D eigenvalue weighted by Gasteiger charge is 2.29. The van der Waals surface area contributed by atoms with Crippen molar-refractivity contribution in [2.24, 2.45) is 10.7 Å². The molecule has 6 aromatic heterocycles. The molecular formula is C45H51BrN16O. The molecule has 8 rings (SSSR count). The van der Waals surface area contributed by atoms with Crippen molar-refractivity contribution in [3.05, 3.63) is 132 Å². The van der Waals surface area contributed by atoms with Crippen molar-refractivity contribution in [2.75, 3.05) is 31.7 Å². The zero-order valence-electron chi connectivity index (χ0n) is 36.2. The lowest BCUT2D eigenvalue weighted by molar-refractivity contribution is 0.333. The van der Waals surface area contributed by atoms with Crippen LogP contribution in [0.25, 0.3) is 44.6 Å². The van der Waals surface area contributed by atoms with E-state index in [-0.39, 0.29) is 11.4 Å². The molecule has 0 spiro atoms. The second kappa shape index (κ2) is 19.7. The van der Waals surface area contributed by atoms with Crippen molar-refractivity contribution in [3.63, 3.8) is 0 Å². The number of methoxy groups -OCH3 is 1. The number of pyridine rings is 2. The van der Waals surface area contributed by atoms with Crippen molar-refractivity contribution in [2.45, 2.75) is 52.6 Å². The topological polar surface area (TPSA) is 249 Å². The monoisotopic (exact) mass is 910 g/mol. The van der Waals surface area contributed by atoms with E-state index in [9.17, 15) is 0 Å². The average molecular weight is 912 g/mol. The second-order valence-electron chi connectivity index (χ2n) is 15.8. The molecule has 6 heterocycles. The van der Waals surface area contributed by atoms with E-state index in [1.54, 1.807) is 24.5 Å². The van der Waals surface area contributed by atoms with Gasteiger partial charge in [-0.05, 0) is 65.8 Å². The molecule has 2 aromatic carbocycles. The number of nitrogens with two attached hydrogens (primary N) is 3. The Labute approximate surface area is 374 Å². The Morgan fingerprint density at radius 1 is 0.683 bits per heavy atom. The van der Waals surface area contributed by atoms with Gasteiger partial charge in [0.05, 0.1) is 35.5 Å². The molecule has 0 fully saturated rings. The largest absolute Gasteiger partial charge is 0.480 e. The van der Waals surface area contributed by atoms with E-state index in [2.05, 4.69) is 93.0 Å². The van der Waals surface area contributed by atoms with E-state index in [4.69, 9.17) is 32.8 Å². The molecule has 0 aliphatic carbocycles. The number of ether oxygens (including phenoxy) is 1. The molecule has 0 saturated carbocycles. The highest BCUT2D eigenvalue weighted by Crippen LogP contribution is 2.34. The van der Waals surface area contributed by atoms with Crippen LogP contribution in [0, 0.1) is 19.3 Å². The summed E-state index contributed by atoms with van der Waals surface area (Å²) in [5.41, 5.74) is 26.2. The lowest BCUT2D eigenvalue weighted by atomic mass is 10.1. The molecule has 8 N–H and O–H groups in total. The number of fused-ring (bicyclic) bond motifs is 2. The molecule has 0 aliphatic heterocycles. The molecule has 0 atom stereocenters. The number of nitrogens with one attached hydrogen (secondary N) is 2. The molecule has 0 radical (unpaired) electrons.